The fraction of sp³-hybridized carbons (Fsp3) is 0.179. The Morgan fingerprint density at radius 2 is 1.86 bits per heavy atom. The highest BCUT2D eigenvalue weighted by molar-refractivity contribution is 7.98. The summed E-state index contributed by atoms with van der Waals surface area (Å²) in [5.74, 6) is 1.95. The first-order chi connectivity index (χ1) is 18.1. The van der Waals surface area contributed by atoms with E-state index in [4.69, 9.17) is 14.8 Å². The molecule has 0 spiro atoms. The quantitative estimate of drug-likeness (QED) is 0.262. The Hall–Kier alpha value is -3.69. The molecule has 5 rings (SSSR count). The minimum atomic E-state index is -0.422. The van der Waals surface area contributed by atoms with Crippen LogP contribution in [-0.4, -0.2) is 34.0 Å². The summed E-state index contributed by atoms with van der Waals surface area (Å²) in [6.07, 6.45) is 2.05. The molecule has 1 aromatic heterocycles. The molecule has 1 amide bonds. The summed E-state index contributed by atoms with van der Waals surface area (Å²) < 4.78 is 7.16. The van der Waals surface area contributed by atoms with Crippen LogP contribution in [0.2, 0.25) is 0 Å². The Morgan fingerprint density at radius 1 is 1.08 bits per heavy atom. The largest absolute Gasteiger partial charge is 0.497 e. The number of fused-ring (bicyclic) bond motifs is 1. The zero-order chi connectivity index (χ0) is 25.8. The Bertz CT molecular complexity index is 1430. The standard InChI is InChI=1S/C28H27N5O2S2/c1-18-24(26(34)30-21-9-5-4-6-10-21)25(20-12-14-23(36-3)15-13-20)33-27(29-18)31-28(32-33)37-17-19-8-7-11-22(16-19)35-2/h4-16,25H,17H2,1-3H3,(H,30,34)(H,29,31,32)/t25-/m0/s1. The summed E-state index contributed by atoms with van der Waals surface area (Å²) >= 11 is 3.22. The van der Waals surface area contributed by atoms with Gasteiger partial charge in [0, 0.05) is 22.0 Å². The average molecular weight is 530 g/mol. The molecule has 0 fully saturated rings. The third-order valence-corrected chi connectivity index (χ3v) is 7.70. The number of thioether (sulfide) groups is 2. The number of carbonyl (C=O) groups is 1. The number of rotatable bonds is 8. The van der Waals surface area contributed by atoms with Gasteiger partial charge < -0.3 is 15.4 Å². The van der Waals surface area contributed by atoms with E-state index in [1.807, 2.05) is 66.4 Å². The number of carbonyl (C=O) groups excluding carboxylic acids is 1. The summed E-state index contributed by atoms with van der Waals surface area (Å²) in [7, 11) is 1.66. The number of amides is 1. The van der Waals surface area contributed by atoms with Gasteiger partial charge in [-0.15, -0.1) is 16.9 Å². The zero-order valence-corrected chi connectivity index (χ0v) is 22.4. The Balaban J connectivity index is 1.47. The van der Waals surface area contributed by atoms with Gasteiger partial charge >= 0.3 is 0 Å². The number of benzene rings is 3. The van der Waals surface area contributed by atoms with Crippen molar-refractivity contribution in [2.45, 2.75) is 28.8 Å². The van der Waals surface area contributed by atoms with Gasteiger partial charge in [-0.3, -0.25) is 4.79 Å². The van der Waals surface area contributed by atoms with E-state index in [0.717, 1.165) is 33.2 Å². The van der Waals surface area contributed by atoms with Crippen molar-refractivity contribution in [2.24, 2.45) is 0 Å². The fourth-order valence-corrected chi connectivity index (χ4v) is 5.39. The molecule has 4 aromatic rings. The molecule has 1 aliphatic heterocycles. The number of methoxy groups -OCH3 is 1. The van der Waals surface area contributed by atoms with E-state index in [1.54, 1.807) is 30.6 Å². The molecule has 1 atom stereocenters. The van der Waals surface area contributed by atoms with Crippen molar-refractivity contribution in [3.05, 3.63) is 101 Å². The number of aromatic nitrogens is 3. The van der Waals surface area contributed by atoms with Crippen LogP contribution in [0, 0.1) is 0 Å². The number of hydrogen-bond donors (Lipinski definition) is 2. The van der Waals surface area contributed by atoms with Crippen LogP contribution < -0.4 is 15.4 Å². The van der Waals surface area contributed by atoms with Gasteiger partial charge in [0.2, 0.25) is 11.1 Å². The van der Waals surface area contributed by atoms with Gasteiger partial charge in [-0.25, -0.2) is 4.68 Å². The summed E-state index contributed by atoms with van der Waals surface area (Å²) in [6, 6.07) is 25.3. The van der Waals surface area contributed by atoms with Crippen molar-refractivity contribution in [3.8, 4) is 5.75 Å². The Kier molecular flexibility index (Phi) is 7.52. The van der Waals surface area contributed by atoms with Crippen LogP contribution in [-0.2, 0) is 10.5 Å². The second kappa shape index (κ2) is 11.1. The molecular formula is C28H27N5O2S2. The number of nitrogens with zero attached hydrogens (tertiary/aromatic N) is 3. The number of allylic oxidation sites excluding steroid dienone is 1. The molecule has 7 nitrogen and oxygen atoms in total. The van der Waals surface area contributed by atoms with Gasteiger partial charge in [-0.05, 0) is 60.7 Å². The lowest BCUT2D eigenvalue weighted by molar-refractivity contribution is -0.113. The maximum absolute atomic E-state index is 13.6. The first-order valence-electron chi connectivity index (χ1n) is 11.8. The number of hydrogen-bond acceptors (Lipinski definition) is 7. The normalized spacial score (nSPS) is 14.6. The summed E-state index contributed by atoms with van der Waals surface area (Å²) in [5, 5.41) is 11.8. The third-order valence-electron chi connectivity index (χ3n) is 6.04. The maximum Gasteiger partial charge on any atom is 0.255 e. The van der Waals surface area contributed by atoms with Gasteiger partial charge in [0.15, 0.2) is 0 Å². The van der Waals surface area contributed by atoms with Crippen LogP contribution in [0.15, 0.2) is 100 Å². The lowest BCUT2D eigenvalue weighted by Crippen LogP contribution is -2.31. The van der Waals surface area contributed by atoms with E-state index >= 15 is 0 Å². The molecule has 1 aliphatic rings. The lowest BCUT2D eigenvalue weighted by atomic mass is 9.95. The van der Waals surface area contributed by atoms with Gasteiger partial charge in [-0.1, -0.05) is 54.2 Å². The molecule has 2 heterocycles. The smallest absolute Gasteiger partial charge is 0.255 e. The SMILES string of the molecule is COc1cccc(CSc2nc3n(n2)[C@@H](c2ccc(SC)cc2)C(C(=O)Nc2ccccc2)=C(C)N3)c1. The molecule has 0 saturated carbocycles. The first kappa shape index (κ1) is 25.0. The van der Waals surface area contributed by atoms with Crippen molar-refractivity contribution in [2.75, 3.05) is 24.0 Å². The molecule has 3 aromatic carbocycles. The molecule has 0 bridgehead atoms. The molecule has 37 heavy (non-hydrogen) atoms. The molecule has 0 unspecified atom stereocenters. The monoisotopic (exact) mass is 529 g/mol. The topological polar surface area (TPSA) is 81.1 Å². The first-order valence-corrected chi connectivity index (χ1v) is 14.0. The highest BCUT2D eigenvalue weighted by Gasteiger charge is 2.34. The summed E-state index contributed by atoms with van der Waals surface area (Å²) in [5.41, 5.74) is 4.17. The van der Waals surface area contributed by atoms with Crippen LogP contribution in [0.3, 0.4) is 0 Å². The van der Waals surface area contributed by atoms with Crippen LogP contribution in [0.4, 0.5) is 11.6 Å². The van der Waals surface area contributed by atoms with Crippen LogP contribution >= 0.6 is 23.5 Å². The molecule has 2 N–H and O–H groups in total. The lowest BCUT2D eigenvalue weighted by Gasteiger charge is -2.28. The van der Waals surface area contributed by atoms with Crippen molar-refractivity contribution in [1.29, 1.82) is 0 Å². The van der Waals surface area contributed by atoms with Crippen molar-refractivity contribution in [1.82, 2.24) is 14.8 Å². The van der Waals surface area contributed by atoms with E-state index in [0.29, 0.717) is 22.4 Å². The van der Waals surface area contributed by atoms with Crippen LogP contribution in [0.5, 0.6) is 5.75 Å². The molecule has 0 aliphatic carbocycles. The molecule has 0 saturated heterocycles. The predicted molar refractivity (Wildman–Crippen MR) is 150 cm³/mol. The molecule has 9 heteroatoms. The minimum Gasteiger partial charge on any atom is -0.497 e. The number of nitrogens with one attached hydrogen (secondary N) is 2. The maximum atomic E-state index is 13.6. The van der Waals surface area contributed by atoms with E-state index in [2.05, 4.69) is 41.0 Å². The Morgan fingerprint density at radius 3 is 2.59 bits per heavy atom. The fourth-order valence-electron chi connectivity index (χ4n) is 4.21. The van der Waals surface area contributed by atoms with Crippen molar-refractivity contribution >= 4 is 41.1 Å². The number of anilines is 2. The van der Waals surface area contributed by atoms with Crippen molar-refractivity contribution < 1.29 is 9.53 Å². The van der Waals surface area contributed by atoms with Crippen molar-refractivity contribution in [3.63, 3.8) is 0 Å². The van der Waals surface area contributed by atoms with Crippen LogP contribution in [0.25, 0.3) is 0 Å². The van der Waals surface area contributed by atoms with Crippen LogP contribution in [0.1, 0.15) is 24.1 Å². The minimum absolute atomic E-state index is 0.179. The number of para-hydroxylation sites is 1. The predicted octanol–water partition coefficient (Wildman–Crippen LogP) is 6.23. The second-order valence-corrected chi connectivity index (χ2v) is 10.3. The zero-order valence-electron chi connectivity index (χ0n) is 20.8. The van der Waals surface area contributed by atoms with Gasteiger partial charge in [-0.2, -0.15) is 4.98 Å². The average Bonchev–Trinajstić information content (AvgIpc) is 3.34. The molecular weight excluding hydrogens is 502 g/mol. The van der Waals surface area contributed by atoms with E-state index < -0.39 is 6.04 Å². The molecule has 0 radical (unpaired) electrons. The molecule has 188 valence electrons. The van der Waals surface area contributed by atoms with Gasteiger partial charge in [0.1, 0.15) is 11.8 Å². The third kappa shape index (κ3) is 5.52. The Labute approximate surface area is 224 Å². The highest BCUT2D eigenvalue weighted by atomic mass is 32.2. The number of ether oxygens (including phenoxy) is 1. The van der Waals surface area contributed by atoms with E-state index in [-0.39, 0.29) is 5.91 Å². The second-order valence-electron chi connectivity index (χ2n) is 8.46. The van der Waals surface area contributed by atoms with E-state index in [9.17, 15) is 4.79 Å². The summed E-state index contributed by atoms with van der Waals surface area (Å²) in [6.45, 7) is 1.91. The van der Waals surface area contributed by atoms with Gasteiger partial charge in [0.05, 0.1) is 12.7 Å². The summed E-state index contributed by atoms with van der Waals surface area (Å²) in [4.78, 5) is 19.5. The van der Waals surface area contributed by atoms with E-state index in [1.165, 1.54) is 0 Å². The van der Waals surface area contributed by atoms with Gasteiger partial charge in [0.25, 0.3) is 5.91 Å². The highest BCUT2D eigenvalue weighted by Crippen LogP contribution is 2.37.